The minimum atomic E-state index is -0.108. The van der Waals surface area contributed by atoms with Crippen LogP contribution in [0.2, 0.25) is 0 Å². The maximum atomic E-state index is 12.8. The van der Waals surface area contributed by atoms with Gasteiger partial charge in [-0.3, -0.25) is 4.79 Å². The molecule has 30 heavy (non-hydrogen) atoms. The molecule has 2 aliphatic heterocycles. The Hall–Kier alpha value is -2.44. The Morgan fingerprint density at radius 3 is 2.77 bits per heavy atom. The standard InChI is InChI=1S/C23H34N4O3/c1-2-24-23(25-14-19-16-29-20-10-6-7-11-21(20)30-19)26-18-12-13-27(15-18)22(28)17-8-4-3-5-9-17/h6-7,10-11,17-19H,2-5,8-9,12-16H2,1H3,(H2,24,25,26). The monoisotopic (exact) mass is 414 g/mol. The number of ether oxygens (including phenoxy) is 2. The number of nitrogens with zero attached hydrogens (tertiary/aromatic N) is 2. The number of rotatable bonds is 5. The van der Waals surface area contributed by atoms with Crippen LogP contribution in [0.5, 0.6) is 11.5 Å². The lowest BCUT2D eigenvalue weighted by Crippen LogP contribution is -2.46. The molecule has 7 heteroatoms. The Kier molecular flexibility index (Phi) is 6.97. The molecular weight excluding hydrogens is 380 g/mol. The summed E-state index contributed by atoms with van der Waals surface area (Å²) in [7, 11) is 0. The van der Waals surface area contributed by atoms with E-state index in [-0.39, 0.29) is 18.1 Å². The number of hydrogen-bond donors (Lipinski definition) is 2. The summed E-state index contributed by atoms with van der Waals surface area (Å²) in [5, 5.41) is 6.83. The molecule has 3 aliphatic rings. The minimum absolute atomic E-state index is 0.108. The number of amides is 1. The molecular formula is C23H34N4O3. The number of para-hydroxylation sites is 2. The van der Waals surface area contributed by atoms with Crippen molar-refractivity contribution in [3.05, 3.63) is 24.3 Å². The second-order valence-electron chi connectivity index (χ2n) is 8.47. The second-order valence-corrected chi connectivity index (χ2v) is 8.47. The van der Waals surface area contributed by atoms with Gasteiger partial charge in [-0.1, -0.05) is 31.4 Å². The highest BCUT2D eigenvalue weighted by atomic mass is 16.6. The van der Waals surface area contributed by atoms with E-state index in [0.29, 0.717) is 19.1 Å². The predicted octanol–water partition coefficient (Wildman–Crippen LogP) is 2.56. The number of nitrogens with one attached hydrogen (secondary N) is 2. The largest absolute Gasteiger partial charge is 0.486 e. The fourth-order valence-electron chi connectivity index (χ4n) is 4.55. The van der Waals surface area contributed by atoms with Gasteiger partial charge in [0.25, 0.3) is 0 Å². The van der Waals surface area contributed by atoms with E-state index < -0.39 is 0 Å². The van der Waals surface area contributed by atoms with Gasteiger partial charge in [0, 0.05) is 31.6 Å². The average Bonchev–Trinajstić information content (AvgIpc) is 3.26. The van der Waals surface area contributed by atoms with Gasteiger partial charge >= 0.3 is 0 Å². The average molecular weight is 415 g/mol. The smallest absolute Gasteiger partial charge is 0.225 e. The van der Waals surface area contributed by atoms with Gasteiger partial charge < -0.3 is 25.0 Å². The SMILES string of the molecule is CCNC(=NCC1COc2ccccc2O1)NC1CCN(C(=O)C2CCCCC2)C1. The van der Waals surface area contributed by atoms with Crippen LogP contribution in [0.25, 0.3) is 0 Å². The molecule has 2 atom stereocenters. The molecule has 164 valence electrons. The molecule has 1 aliphatic carbocycles. The summed E-state index contributed by atoms with van der Waals surface area (Å²) in [4.78, 5) is 19.6. The van der Waals surface area contributed by atoms with Crippen molar-refractivity contribution in [1.82, 2.24) is 15.5 Å². The molecule has 0 radical (unpaired) electrons. The van der Waals surface area contributed by atoms with E-state index >= 15 is 0 Å². The van der Waals surface area contributed by atoms with Crippen LogP contribution in [0.4, 0.5) is 0 Å². The van der Waals surface area contributed by atoms with Crippen molar-refractivity contribution in [2.75, 3.05) is 32.8 Å². The third kappa shape index (κ3) is 5.18. The number of benzene rings is 1. The van der Waals surface area contributed by atoms with E-state index in [1.807, 2.05) is 29.2 Å². The highest BCUT2D eigenvalue weighted by molar-refractivity contribution is 5.81. The molecule has 2 heterocycles. The maximum absolute atomic E-state index is 12.8. The number of aliphatic imine (C=N–C) groups is 1. The molecule has 2 fully saturated rings. The third-order valence-electron chi connectivity index (χ3n) is 6.16. The summed E-state index contributed by atoms with van der Waals surface area (Å²) < 4.78 is 11.8. The van der Waals surface area contributed by atoms with Crippen LogP contribution in [0.15, 0.2) is 29.3 Å². The number of guanidine groups is 1. The first-order valence-corrected chi connectivity index (χ1v) is 11.4. The topological polar surface area (TPSA) is 75.2 Å². The summed E-state index contributed by atoms with van der Waals surface area (Å²) in [6, 6.07) is 7.96. The Morgan fingerprint density at radius 2 is 1.97 bits per heavy atom. The van der Waals surface area contributed by atoms with E-state index in [1.165, 1.54) is 19.3 Å². The number of hydrogen-bond acceptors (Lipinski definition) is 4. The van der Waals surface area contributed by atoms with E-state index in [0.717, 1.165) is 56.4 Å². The molecule has 1 saturated carbocycles. The van der Waals surface area contributed by atoms with Crippen molar-refractivity contribution in [1.29, 1.82) is 0 Å². The van der Waals surface area contributed by atoms with Crippen molar-refractivity contribution >= 4 is 11.9 Å². The minimum Gasteiger partial charge on any atom is -0.486 e. The summed E-state index contributed by atoms with van der Waals surface area (Å²) in [6.45, 7) is 5.45. The van der Waals surface area contributed by atoms with E-state index in [1.54, 1.807) is 0 Å². The zero-order valence-corrected chi connectivity index (χ0v) is 17.9. The number of carbonyl (C=O) groups is 1. The van der Waals surface area contributed by atoms with E-state index in [9.17, 15) is 4.79 Å². The van der Waals surface area contributed by atoms with Crippen LogP contribution in [0.1, 0.15) is 45.4 Å². The lowest BCUT2D eigenvalue weighted by molar-refractivity contribution is -0.135. The lowest BCUT2D eigenvalue weighted by atomic mass is 9.88. The molecule has 1 amide bonds. The Morgan fingerprint density at radius 1 is 1.17 bits per heavy atom. The number of fused-ring (bicyclic) bond motifs is 1. The van der Waals surface area contributed by atoms with Crippen molar-refractivity contribution < 1.29 is 14.3 Å². The second kappa shape index (κ2) is 10.0. The zero-order valence-electron chi connectivity index (χ0n) is 17.9. The van der Waals surface area contributed by atoms with E-state index in [2.05, 4.69) is 17.6 Å². The molecule has 2 N–H and O–H groups in total. The quantitative estimate of drug-likeness (QED) is 0.572. The molecule has 1 aromatic rings. The Bertz CT molecular complexity index is 748. The van der Waals surface area contributed by atoms with Gasteiger partial charge in [0.2, 0.25) is 5.91 Å². The summed E-state index contributed by atoms with van der Waals surface area (Å²) >= 11 is 0. The van der Waals surface area contributed by atoms with Crippen molar-refractivity contribution in [2.24, 2.45) is 10.9 Å². The molecule has 4 rings (SSSR count). The first-order chi connectivity index (χ1) is 14.7. The molecule has 1 saturated heterocycles. The van der Waals surface area contributed by atoms with Gasteiger partial charge in [-0.2, -0.15) is 0 Å². The van der Waals surface area contributed by atoms with Crippen LogP contribution >= 0.6 is 0 Å². The number of carbonyl (C=O) groups excluding carboxylic acids is 1. The van der Waals surface area contributed by atoms with Crippen molar-refractivity contribution in [3.8, 4) is 11.5 Å². The summed E-state index contributed by atoms with van der Waals surface area (Å²) in [5.41, 5.74) is 0. The lowest BCUT2D eigenvalue weighted by Gasteiger charge is -2.27. The van der Waals surface area contributed by atoms with Gasteiger partial charge in [-0.25, -0.2) is 4.99 Å². The highest BCUT2D eigenvalue weighted by Gasteiger charge is 2.32. The molecule has 0 spiro atoms. The number of likely N-dealkylation sites (tertiary alicyclic amines) is 1. The Labute approximate surface area is 179 Å². The fraction of sp³-hybridized carbons (Fsp3) is 0.652. The highest BCUT2D eigenvalue weighted by Crippen LogP contribution is 2.31. The fourth-order valence-corrected chi connectivity index (χ4v) is 4.55. The van der Waals surface area contributed by atoms with Gasteiger partial charge in [-0.05, 0) is 38.3 Å². The van der Waals surface area contributed by atoms with Crippen molar-refractivity contribution in [2.45, 2.75) is 57.6 Å². The summed E-state index contributed by atoms with van der Waals surface area (Å²) in [6.07, 6.45) is 6.63. The predicted molar refractivity (Wildman–Crippen MR) is 117 cm³/mol. The molecule has 7 nitrogen and oxygen atoms in total. The molecule has 0 bridgehead atoms. The van der Waals surface area contributed by atoms with Crippen LogP contribution in [-0.2, 0) is 4.79 Å². The van der Waals surface area contributed by atoms with Crippen LogP contribution in [0.3, 0.4) is 0 Å². The summed E-state index contributed by atoms with van der Waals surface area (Å²) in [5.74, 6) is 2.93. The van der Waals surface area contributed by atoms with Crippen LogP contribution in [0, 0.1) is 5.92 Å². The molecule has 0 aromatic heterocycles. The first-order valence-electron chi connectivity index (χ1n) is 11.4. The van der Waals surface area contributed by atoms with E-state index in [4.69, 9.17) is 14.5 Å². The van der Waals surface area contributed by atoms with Crippen LogP contribution in [-0.4, -0.2) is 61.7 Å². The van der Waals surface area contributed by atoms with Gasteiger partial charge in [0.05, 0.1) is 6.54 Å². The van der Waals surface area contributed by atoms with Gasteiger partial charge in [-0.15, -0.1) is 0 Å². The zero-order chi connectivity index (χ0) is 20.8. The van der Waals surface area contributed by atoms with Gasteiger partial charge in [0.15, 0.2) is 23.6 Å². The van der Waals surface area contributed by atoms with Crippen LogP contribution < -0.4 is 20.1 Å². The maximum Gasteiger partial charge on any atom is 0.225 e. The van der Waals surface area contributed by atoms with Gasteiger partial charge in [0.1, 0.15) is 6.61 Å². The first kappa shape index (κ1) is 20.8. The Balaban J connectivity index is 1.29. The molecule has 2 unspecified atom stereocenters. The third-order valence-corrected chi connectivity index (χ3v) is 6.16. The van der Waals surface area contributed by atoms with Crippen molar-refractivity contribution in [3.63, 3.8) is 0 Å². The normalized spacial score (nSPS) is 24.6. The molecule has 1 aromatic carbocycles.